The molecule has 22 heavy (non-hydrogen) atoms. The summed E-state index contributed by atoms with van der Waals surface area (Å²) in [6, 6.07) is 5.92. The zero-order chi connectivity index (χ0) is 15.9. The second-order valence-corrected chi connectivity index (χ2v) is 6.02. The fourth-order valence-electron chi connectivity index (χ4n) is 1.98. The van der Waals surface area contributed by atoms with E-state index in [0.29, 0.717) is 12.2 Å². The molecular formula is C16H20FN3OS. The highest BCUT2D eigenvalue weighted by Crippen LogP contribution is 2.20. The summed E-state index contributed by atoms with van der Waals surface area (Å²) in [5.41, 5.74) is 7.28. The highest BCUT2D eigenvalue weighted by Gasteiger charge is 2.14. The Balaban J connectivity index is 1.90. The zero-order valence-electron chi connectivity index (χ0n) is 12.5. The molecule has 1 unspecified atom stereocenters. The minimum absolute atomic E-state index is 0.108. The number of hydrogen-bond donors (Lipinski definition) is 2. The normalized spacial score (nSPS) is 12.1. The van der Waals surface area contributed by atoms with Gasteiger partial charge in [0.15, 0.2) is 0 Å². The Morgan fingerprint density at radius 1 is 1.41 bits per heavy atom. The molecule has 4 nitrogen and oxygen atoms in total. The van der Waals surface area contributed by atoms with Crippen LogP contribution in [0.15, 0.2) is 29.6 Å². The standard InChI is InChI=1S/C16H20FN3OS/c1-2-3-4-13(18)16-20-14(10-22-16)15(21)19-9-11-5-7-12(17)8-6-11/h5-8,10,13H,2-4,9,18H2,1H3,(H,19,21). The van der Waals surface area contributed by atoms with Crippen LogP contribution in [-0.4, -0.2) is 10.9 Å². The van der Waals surface area contributed by atoms with Gasteiger partial charge in [-0.3, -0.25) is 4.79 Å². The van der Waals surface area contributed by atoms with Gasteiger partial charge in [0.2, 0.25) is 0 Å². The number of nitrogens with two attached hydrogens (primary N) is 1. The zero-order valence-corrected chi connectivity index (χ0v) is 13.3. The largest absolute Gasteiger partial charge is 0.347 e. The van der Waals surface area contributed by atoms with Gasteiger partial charge in [-0.25, -0.2) is 9.37 Å². The van der Waals surface area contributed by atoms with E-state index >= 15 is 0 Å². The summed E-state index contributed by atoms with van der Waals surface area (Å²) in [4.78, 5) is 16.4. The highest BCUT2D eigenvalue weighted by molar-refractivity contribution is 7.09. The van der Waals surface area contributed by atoms with Gasteiger partial charge in [-0.1, -0.05) is 31.9 Å². The van der Waals surface area contributed by atoms with Gasteiger partial charge in [0.1, 0.15) is 16.5 Å². The van der Waals surface area contributed by atoms with Gasteiger partial charge in [0.05, 0.1) is 6.04 Å². The van der Waals surface area contributed by atoms with Crippen molar-refractivity contribution in [3.05, 3.63) is 51.7 Å². The molecule has 0 saturated carbocycles. The minimum Gasteiger partial charge on any atom is -0.347 e. The van der Waals surface area contributed by atoms with Crippen LogP contribution in [0.1, 0.15) is 53.3 Å². The first-order valence-electron chi connectivity index (χ1n) is 7.33. The first kappa shape index (κ1) is 16.6. The molecule has 3 N–H and O–H groups in total. The third-order valence-electron chi connectivity index (χ3n) is 3.31. The van der Waals surface area contributed by atoms with E-state index in [1.54, 1.807) is 17.5 Å². The number of thiazole rings is 1. The van der Waals surface area contributed by atoms with E-state index in [1.807, 2.05) is 0 Å². The molecule has 1 aromatic heterocycles. The van der Waals surface area contributed by atoms with E-state index in [0.717, 1.165) is 29.8 Å². The number of benzene rings is 1. The van der Waals surface area contributed by atoms with Gasteiger partial charge in [0.25, 0.3) is 5.91 Å². The maximum atomic E-state index is 12.8. The molecule has 0 radical (unpaired) electrons. The first-order chi connectivity index (χ1) is 10.6. The number of carbonyl (C=O) groups excluding carboxylic acids is 1. The summed E-state index contributed by atoms with van der Waals surface area (Å²) in [5, 5.41) is 5.29. The Bertz CT molecular complexity index is 612. The van der Waals surface area contributed by atoms with Crippen molar-refractivity contribution >= 4 is 17.2 Å². The summed E-state index contributed by atoms with van der Waals surface area (Å²) < 4.78 is 12.8. The van der Waals surface area contributed by atoms with Crippen LogP contribution in [0, 0.1) is 5.82 Å². The van der Waals surface area contributed by atoms with Gasteiger partial charge < -0.3 is 11.1 Å². The molecule has 0 bridgehead atoms. The molecule has 0 spiro atoms. The smallest absolute Gasteiger partial charge is 0.271 e. The molecule has 0 fully saturated rings. The minimum atomic E-state index is -0.291. The van der Waals surface area contributed by atoms with Gasteiger partial charge in [0, 0.05) is 11.9 Å². The Morgan fingerprint density at radius 2 is 2.14 bits per heavy atom. The average molecular weight is 321 g/mol. The van der Waals surface area contributed by atoms with Crippen LogP contribution in [0.4, 0.5) is 4.39 Å². The van der Waals surface area contributed by atoms with Crippen molar-refractivity contribution in [1.29, 1.82) is 0 Å². The second-order valence-electron chi connectivity index (χ2n) is 5.13. The number of nitrogens with one attached hydrogen (secondary N) is 1. The quantitative estimate of drug-likeness (QED) is 0.821. The monoisotopic (exact) mass is 321 g/mol. The topological polar surface area (TPSA) is 68.0 Å². The number of unbranched alkanes of at least 4 members (excludes halogenated alkanes) is 1. The van der Waals surface area contributed by atoms with Crippen LogP contribution in [0.2, 0.25) is 0 Å². The summed E-state index contributed by atoms with van der Waals surface area (Å²) in [7, 11) is 0. The average Bonchev–Trinajstić information content (AvgIpc) is 3.02. The van der Waals surface area contributed by atoms with Gasteiger partial charge >= 0.3 is 0 Å². The lowest BCUT2D eigenvalue weighted by Crippen LogP contribution is -2.23. The van der Waals surface area contributed by atoms with E-state index in [9.17, 15) is 9.18 Å². The summed E-state index contributed by atoms with van der Waals surface area (Å²) >= 11 is 1.41. The molecule has 6 heteroatoms. The van der Waals surface area contributed by atoms with E-state index in [4.69, 9.17) is 5.73 Å². The Kier molecular flexibility index (Phi) is 6.03. The number of nitrogens with zero attached hydrogens (tertiary/aromatic N) is 1. The molecule has 1 aromatic carbocycles. The van der Waals surface area contributed by atoms with Gasteiger partial charge in [-0.15, -0.1) is 11.3 Å². The predicted molar refractivity (Wildman–Crippen MR) is 86.1 cm³/mol. The molecule has 2 rings (SSSR count). The second kappa shape index (κ2) is 8.00. The van der Waals surface area contributed by atoms with Crippen molar-refractivity contribution in [3.8, 4) is 0 Å². The Labute approximate surface area is 133 Å². The van der Waals surface area contributed by atoms with Crippen LogP contribution < -0.4 is 11.1 Å². The summed E-state index contributed by atoms with van der Waals surface area (Å²) in [6.07, 6.45) is 3.01. The van der Waals surface area contributed by atoms with Crippen molar-refractivity contribution in [2.24, 2.45) is 5.73 Å². The maximum absolute atomic E-state index is 12.8. The third-order valence-corrected chi connectivity index (χ3v) is 4.28. The van der Waals surface area contributed by atoms with E-state index in [-0.39, 0.29) is 17.8 Å². The van der Waals surface area contributed by atoms with Crippen molar-refractivity contribution in [1.82, 2.24) is 10.3 Å². The molecule has 1 heterocycles. The van der Waals surface area contributed by atoms with Crippen molar-refractivity contribution in [2.45, 2.75) is 38.8 Å². The number of carbonyl (C=O) groups is 1. The third kappa shape index (κ3) is 4.61. The molecule has 0 aliphatic rings. The summed E-state index contributed by atoms with van der Waals surface area (Å²) in [5.74, 6) is -0.533. The maximum Gasteiger partial charge on any atom is 0.271 e. The Morgan fingerprint density at radius 3 is 2.82 bits per heavy atom. The van der Waals surface area contributed by atoms with Crippen LogP contribution in [0.3, 0.4) is 0 Å². The van der Waals surface area contributed by atoms with Crippen LogP contribution >= 0.6 is 11.3 Å². The molecule has 0 saturated heterocycles. The van der Waals surface area contributed by atoms with Gasteiger partial charge in [-0.2, -0.15) is 0 Å². The molecule has 1 atom stereocenters. The van der Waals surface area contributed by atoms with Gasteiger partial charge in [-0.05, 0) is 24.1 Å². The number of halogens is 1. The van der Waals surface area contributed by atoms with E-state index < -0.39 is 0 Å². The fourth-order valence-corrected chi connectivity index (χ4v) is 2.82. The lowest BCUT2D eigenvalue weighted by Gasteiger charge is -2.06. The number of aromatic nitrogens is 1. The first-order valence-corrected chi connectivity index (χ1v) is 8.21. The Hall–Kier alpha value is -1.79. The summed E-state index contributed by atoms with van der Waals surface area (Å²) in [6.45, 7) is 2.46. The van der Waals surface area contributed by atoms with Crippen molar-refractivity contribution in [3.63, 3.8) is 0 Å². The SMILES string of the molecule is CCCCC(N)c1nc(C(=O)NCc2ccc(F)cc2)cs1. The fraction of sp³-hybridized carbons (Fsp3) is 0.375. The number of rotatable bonds is 7. The molecule has 0 aliphatic carbocycles. The molecule has 0 aliphatic heterocycles. The molecule has 118 valence electrons. The molecule has 1 amide bonds. The van der Waals surface area contributed by atoms with Crippen LogP contribution in [0.25, 0.3) is 0 Å². The van der Waals surface area contributed by atoms with Crippen molar-refractivity contribution < 1.29 is 9.18 Å². The van der Waals surface area contributed by atoms with E-state index in [2.05, 4.69) is 17.2 Å². The van der Waals surface area contributed by atoms with E-state index in [1.165, 1.54) is 23.5 Å². The predicted octanol–water partition coefficient (Wildman–Crippen LogP) is 3.40. The lowest BCUT2D eigenvalue weighted by atomic mass is 10.1. The van der Waals surface area contributed by atoms with Crippen LogP contribution in [-0.2, 0) is 6.54 Å². The highest BCUT2D eigenvalue weighted by atomic mass is 32.1. The molecular weight excluding hydrogens is 301 g/mol. The number of hydrogen-bond acceptors (Lipinski definition) is 4. The molecule has 2 aromatic rings. The van der Waals surface area contributed by atoms with Crippen molar-refractivity contribution in [2.75, 3.05) is 0 Å². The van der Waals surface area contributed by atoms with Crippen LogP contribution in [0.5, 0.6) is 0 Å². The lowest BCUT2D eigenvalue weighted by molar-refractivity contribution is 0.0946. The number of amides is 1.